The van der Waals surface area contributed by atoms with E-state index in [1.54, 1.807) is 26.4 Å². The first-order valence-electron chi connectivity index (χ1n) is 9.70. The molecule has 0 saturated heterocycles. The maximum absolute atomic E-state index is 12.8. The highest BCUT2D eigenvalue weighted by Crippen LogP contribution is 2.33. The number of ether oxygens (including phenoxy) is 2. The number of rotatable bonds is 8. The van der Waals surface area contributed by atoms with Gasteiger partial charge in [-0.15, -0.1) is 0 Å². The van der Waals surface area contributed by atoms with Gasteiger partial charge in [-0.2, -0.15) is 4.31 Å². The SMILES string of the molecule is COc1cc2c(cc1OC)CN(S(=O)(=O)CCCNC(=O)c1cc(Cl)ccc1Cl)CC2. The number of amides is 1. The number of carbonyl (C=O) groups is 1. The molecule has 10 heteroatoms. The molecular formula is C21H24Cl2N2O5S. The number of hydrogen-bond acceptors (Lipinski definition) is 5. The molecule has 0 atom stereocenters. The van der Waals surface area contributed by atoms with Crippen LogP contribution in [0.25, 0.3) is 0 Å². The minimum atomic E-state index is -3.48. The van der Waals surface area contributed by atoms with E-state index in [9.17, 15) is 13.2 Å². The molecule has 2 aromatic rings. The van der Waals surface area contributed by atoms with Crippen LogP contribution in [0.3, 0.4) is 0 Å². The van der Waals surface area contributed by atoms with Crippen molar-refractivity contribution in [3.63, 3.8) is 0 Å². The smallest absolute Gasteiger partial charge is 0.252 e. The maximum atomic E-state index is 12.8. The van der Waals surface area contributed by atoms with E-state index in [1.165, 1.54) is 10.4 Å². The van der Waals surface area contributed by atoms with Crippen LogP contribution in [0.1, 0.15) is 27.9 Å². The van der Waals surface area contributed by atoms with Gasteiger partial charge in [0.25, 0.3) is 5.91 Å². The third kappa shape index (κ3) is 5.63. The summed E-state index contributed by atoms with van der Waals surface area (Å²) in [4.78, 5) is 12.3. The van der Waals surface area contributed by atoms with Crippen LogP contribution in [-0.2, 0) is 23.0 Å². The molecular weight excluding hydrogens is 463 g/mol. The average Bonchev–Trinajstić information content (AvgIpc) is 2.76. The molecule has 2 aromatic carbocycles. The van der Waals surface area contributed by atoms with Crippen molar-refractivity contribution in [1.29, 1.82) is 0 Å². The van der Waals surface area contributed by atoms with Gasteiger partial charge in [-0.05, 0) is 54.3 Å². The first kappa shape index (κ1) is 23.7. The second-order valence-corrected chi connectivity index (χ2v) is 10.0. The zero-order valence-corrected chi connectivity index (χ0v) is 19.6. The first-order valence-corrected chi connectivity index (χ1v) is 12.1. The quantitative estimate of drug-likeness (QED) is 0.576. The van der Waals surface area contributed by atoms with Gasteiger partial charge in [0.05, 0.1) is 30.6 Å². The molecule has 0 unspecified atom stereocenters. The van der Waals surface area contributed by atoms with Gasteiger partial charge in [-0.1, -0.05) is 23.2 Å². The molecule has 0 fully saturated rings. The maximum Gasteiger partial charge on any atom is 0.252 e. The number of sulfonamides is 1. The van der Waals surface area contributed by atoms with Gasteiger partial charge in [-0.3, -0.25) is 4.79 Å². The number of halogens is 2. The zero-order valence-electron chi connectivity index (χ0n) is 17.3. The van der Waals surface area contributed by atoms with Crippen LogP contribution < -0.4 is 14.8 Å². The van der Waals surface area contributed by atoms with E-state index in [0.717, 1.165) is 11.1 Å². The molecule has 0 aromatic heterocycles. The van der Waals surface area contributed by atoms with Gasteiger partial charge >= 0.3 is 0 Å². The number of nitrogens with zero attached hydrogens (tertiary/aromatic N) is 1. The van der Waals surface area contributed by atoms with Gasteiger partial charge in [0.2, 0.25) is 10.0 Å². The number of benzene rings is 2. The van der Waals surface area contributed by atoms with Gasteiger partial charge in [0.15, 0.2) is 11.5 Å². The van der Waals surface area contributed by atoms with Crippen molar-refractivity contribution < 1.29 is 22.7 Å². The first-order chi connectivity index (χ1) is 14.7. The molecule has 31 heavy (non-hydrogen) atoms. The molecule has 1 N–H and O–H groups in total. The van der Waals surface area contributed by atoms with Crippen LogP contribution >= 0.6 is 23.2 Å². The molecule has 3 rings (SSSR count). The summed E-state index contributed by atoms with van der Waals surface area (Å²) in [5, 5.41) is 3.38. The third-order valence-electron chi connectivity index (χ3n) is 5.11. The summed E-state index contributed by atoms with van der Waals surface area (Å²) in [6.45, 7) is 0.883. The van der Waals surface area contributed by atoms with Crippen LogP contribution in [0, 0.1) is 0 Å². The topological polar surface area (TPSA) is 84.9 Å². The lowest BCUT2D eigenvalue weighted by molar-refractivity contribution is 0.0953. The zero-order chi connectivity index (χ0) is 22.6. The summed E-state index contributed by atoms with van der Waals surface area (Å²) in [7, 11) is -0.356. The fraction of sp³-hybridized carbons (Fsp3) is 0.381. The van der Waals surface area contributed by atoms with Gasteiger partial charge in [0, 0.05) is 24.7 Å². The monoisotopic (exact) mass is 486 g/mol. The van der Waals surface area contributed by atoms with Crippen LogP contribution in [-0.4, -0.2) is 51.7 Å². The number of hydrogen-bond donors (Lipinski definition) is 1. The van der Waals surface area contributed by atoms with Crippen molar-refractivity contribution in [1.82, 2.24) is 9.62 Å². The van der Waals surface area contributed by atoms with Crippen LogP contribution in [0.2, 0.25) is 10.0 Å². The lowest BCUT2D eigenvalue weighted by Crippen LogP contribution is -2.38. The van der Waals surface area contributed by atoms with Crippen molar-refractivity contribution in [2.75, 3.05) is 33.1 Å². The Kier molecular flexibility index (Phi) is 7.69. The fourth-order valence-corrected chi connectivity index (χ4v) is 5.30. The Hall–Kier alpha value is -2.00. The van der Waals surface area contributed by atoms with E-state index < -0.39 is 15.9 Å². The van der Waals surface area contributed by atoms with Crippen molar-refractivity contribution in [3.05, 3.63) is 57.1 Å². The minimum Gasteiger partial charge on any atom is -0.493 e. The molecule has 7 nitrogen and oxygen atoms in total. The number of methoxy groups -OCH3 is 2. The standard InChI is InChI=1S/C21H24Cl2N2O5S/c1-29-19-10-14-6-8-25(13-15(14)11-20(19)30-2)31(27,28)9-3-7-24-21(26)17-12-16(22)4-5-18(17)23/h4-5,10-12H,3,6-9,13H2,1-2H3,(H,24,26). The van der Waals surface area contributed by atoms with E-state index in [-0.39, 0.29) is 35.8 Å². The van der Waals surface area contributed by atoms with Gasteiger partial charge in [0.1, 0.15) is 0 Å². The van der Waals surface area contributed by atoms with E-state index in [1.807, 2.05) is 12.1 Å². The number of fused-ring (bicyclic) bond motifs is 1. The second kappa shape index (κ2) is 10.1. The molecule has 0 spiro atoms. The Morgan fingerprint density at radius 3 is 2.45 bits per heavy atom. The Balaban J connectivity index is 1.57. The summed E-state index contributed by atoms with van der Waals surface area (Å²) < 4.78 is 37.7. The van der Waals surface area contributed by atoms with Crippen molar-refractivity contribution in [2.24, 2.45) is 0 Å². The number of carbonyl (C=O) groups excluding carboxylic acids is 1. The van der Waals surface area contributed by atoms with Crippen LogP contribution in [0.5, 0.6) is 11.5 Å². The van der Waals surface area contributed by atoms with Gasteiger partial charge in [-0.25, -0.2) is 8.42 Å². The van der Waals surface area contributed by atoms with Crippen molar-refractivity contribution in [2.45, 2.75) is 19.4 Å². The fourth-order valence-electron chi connectivity index (χ4n) is 3.45. The van der Waals surface area contributed by atoms with Crippen molar-refractivity contribution in [3.8, 4) is 11.5 Å². The summed E-state index contributed by atoms with van der Waals surface area (Å²) >= 11 is 11.9. The molecule has 0 saturated carbocycles. The summed E-state index contributed by atoms with van der Waals surface area (Å²) in [5.41, 5.74) is 2.21. The van der Waals surface area contributed by atoms with Crippen LogP contribution in [0.15, 0.2) is 30.3 Å². The third-order valence-corrected chi connectivity index (χ3v) is 7.58. The van der Waals surface area contributed by atoms with E-state index >= 15 is 0 Å². The molecule has 1 aliphatic heterocycles. The minimum absolute atomic E-state index is 0.0703. The average molecular weight is 487 g/mol. The predicted molar refractivity (Wildman–Crippen MR) is 121 cm³/mol. The van der Waals surface area contributed by atoms with Gasteiger partial charge < -0.3 is 14.8 Å². The highest BCUT2D eigenvalue weighted by molar-refractivity contribution is 7.89. The van der Waals surface area contributed by atoms with Crippen molar-refractivity contribution >= 4 is 39.1 Å². The van der Waals surface area contributed by atoms with E-state index in [2.05, 4.69) is 5.32 Å². The Morgan fingerprint density at radius 1 is 1.10 bits per heavy atom. The summed E-state index contributed by atoms with van der Waals surface area (Å²) in [6, 6.07) is 8.33. The lowest BCUT2D eigenvalue weighted by Gasteiger charge is -2.29. The Bertz CT molecular complexity index is 1080. The summed E-state index contributed by atoms with van der Waals surface area (Å²) in [6.07, 6.45) is 0.875. The molecule has 1 aliphatic rings. The molecule has 168 valence electrons. The highest BCUT2D eigenvalue weighted by Gasteiger charge is 2.27. The Morgan fingerprint density at radius 2 is 1.77 bits per heavy atom. The molecule has 1 heterocycles. The summed E-state index contributed by atoms with van der Waals surface area (Å²) in [5.74, 6) is 0.743. The van der Waals surface area contributed by atoms with E-state index in [4.69, 9.17) is 32.7 Å². The highest BCUT2D eigenvalue weighted by atomic mass is 35.5. The number of nitrogens with one attached hydrogen (secondary N) is 1. The lowest BCUT2D eigenvalue weighted by atomic mass is 10.0. The largest absolute Gasteiger partial charge is 0.493 e. The predicted octanol–water partition coefficient (Wildman–Crippen LogP) is 3.52. The molecule has 0 aliphatic carbocycles. The molecule has 1 amide bonds. The van der Waals surface area contributed by atoms with E-state index in [0.29, 0.717) is 29.5 Å². The normalized spacial score (nSPS) is 14.1. The molecule has 0 radical (unpaired) electrons. The molecule has 0 bridgehead atoms. The van der Waals surface area contributed by atoms with Crippen LogP contribution in [0.4, 0.5) is 0 Å². The Labute approximate surface area is 192 Å². The second-order valence-electron chi connectivity index (χ2n) is 7.11.